The highest BCUT2D eigenvalue weighted by atomic mass is 32.2. The molecule has 0 spiro atoms. The van der Waals surface area contributed by atoms with Gasteiger partial charge in [-0.1, -0.05) is 60.7 Å². The van der Waals surface area contributed by atoms with E-state index in [-0.39, 0.29) is 10.8 Å². The van der Waals surface area contributed by atoms with E-state index in [1.165, 1.54) is 0 Å². The average Bonchev–Trinajstić information content (AvgIpc) is 2.76. The number of para-hydroxylation sites is 1. The molecule has 0 aliphatic carbocycles. The molecule has 0 radical (unpaired) electrons. The quantitative estimate of drug-likeness (QED) is 0.522. The Labute approximate surface area is 184 Å². The molecule has 0 aliphatic heterocycles. The maximum absolute atomic E-state index is 12.5. The summed E-state index contributed by atoms with van der Waals surface area (Å²) in [6.07, 6.45) is 1.50. The molecule has 0 fully saturated rings. The third kappa shape index (κ3) is 6.51. The van der Waals surface area contributed by atoms with Crippen LogP contribution in [0.5, 0.6) is 0 Å². The molecule has 0 atom stereocenters. The van der Waals surface area contributed by atoms with E-state index in [0.29, 0.717) is 25.8 Å². The lowest BCUT2D eigenvalue weighted by molar-refractivity contribution is -0.116. The molecule has 3 aromatic rings. The highest BCUT2D eigenvalue weighted by Gasteiger charge is 2.13. The summed E-state index contributed by atoms with van der Waals surface area (Å²) in [7, 11) is -3.56. The Kier molecular flexibility index (Phi) is 7.60. The number of nitrogens with one attached hydrogen (secondary N) is 2. The maximum Gasteiger partial charge on any atom is 0.240 e. The van der Waals surface area contributed by atoms with Crippen molar-refractivity contribution in [1.29, 1.82) is 0 Å². The lowest BCUT2D eigenvalue weighted by Gasteiger charge is -2.11. The fourth-order valence-electron chi connectivity index (χ4n) is 3.36. The molecule has 162 valence electrons. The molecule has 1 amide bonds. The normalized spacial score (nSPS) is 11.3. The lowest BCUT2D eigenvalue weighted by atomic mass is 10.1. The summed E-state index contributed by atoms with van der Waals surface area (Å²) in [5, 5.41) is 2.98. The Morgan fingerprint density at radius 2 is 1.39 bits per heavy atom. The summed E-state index contributed by atoms with van der Waals surface area (Å²) in [6.45, 7) is 4.28. The van der Waals surface area contributed by atoms with Gasteiger partial charge in [-0.15, -0.1) is 0 Å². The van der Waals surface area contributed by atoms with Crippen molar-refractivity contribution >= 4 is 21.6 Å². The first kappa shape index (κ1) is 22.7. The van der Waals surface area contributed by atoms with Crippen molar-refractivity contribution in [3.05, 3.63) is 95.1 Å². The first-order chi connectivity index (χ1) is 14.8. The number of aryl methyl sites for hydroxylation is 3. The van der Waals surface area contributed by atoms with E-state index in [9.17, 15) is 13.2 Å². The molecule has 0 heterocycles. The van der Waals surface area contributed by atoms with Crippen LogP contribution in [0.25, 0.3) is 0 Å². The first-order valence-corrected chi connectivity index (χ1v) is 11.8. The molecule has 0 saturated carbocycles. The number of carbonyl (C=O) groups excluding carboxylic acids is 1. The summed E-state index contributed by atoms with van der Waals surface area (Å²) in [5.74, 6) is -0.0586. The predicted octanol–water partition coefficient (Wildman–Crippen LogP) is 4.40. The van der Waals surface area contributed by atoms with Crippen LogP contribution >= 0.6 is 0 Å². The van der Waals surface area contributed by atoms with Crippen LogP contribution in [0.2, 0.25) is 0 Å². The smallest absolute Gasteiger partial charge is 0.240 e. The summed E-state index contributed by atoms with van der Waals surface area (Å²) in [4.78, 5) is 12.6. The largest absolute Gasteiger partial charge is 0.326 e. The number of sulfonamides is 1. The second-order valence-corrected chi connectivity index (χ2v) is 9.36. The fourth-order valence-corrected chi connectivity index (χ4v) is 4.40. The van der Waals surface area contributed by atoms with Gasteiger partial charge in [-0.05, 0) is 61.1 Å². The van der Waals surface area contributed by atoms with Gasteiger partial charge in [-0.2, -0.15) is 0 Å². The maximum atomic E-state index is 12.5. The SMILES string of the molecule is Cc1cccc(C)c1NC(=O)CCc1ccc(S(=O)(=O)NCCc2ccccc2)cc1. The zero-order valence-corrected chi connectivity index (χ0v) is 18.7. The topological polar surface area (TPSA) is 75.3 Å². The average molecular weight is 437 g/mol. The summed E-state index contributed by atoms with van der Waals surface area (Å²) in [6, 6.07) is 22.3. The highest BCUT2D eigenvalue weighted by molar-refractivity contribution is 7.89. The van der Waals surface area contributed by atoms with E-state index in [2.05, 4.69) is 10.0 Å². The predicted molar refractivity (Wildman–Crippen MR) is 125 cm³/mol. The molecule has 2 N–H and O–H groups in total. The number of anilines is 1. The Balaban J connectivity index is 1.51. The van der Waals surface area contributed by atoms with E-state index < -0.39 is 10.0 Å². The minimum Gasteiger partial charge on any atom is -0.326 e. The van der Waals surface area contributed by atoms with E-state index >= 15 is 0 Å². The van der Waals surface area contributed by atoms with E-state index in [0.717, 1.165) is 27.9 Å². The van der Waals surface area contributed by atoms with Crippen LogP contribution in [-0.4, -0.2) is 20.9 Å². The third-order valence-corrected chi connectivity index (χ3v) is 6.65. The van der Waals surface area contributed by atoms with Crippen molar-refractivity contribution in [2.75, 3.05) is 11.9 Å². The van der Waals surface area contributed by atoms with Crippen LogP contribution < -0.4 is 10.0 Å². The minimum atomic E-state index is -3.56. The summed E-state index contributed by atoms with van der Waals surface area (Å²) in [5.41, 5.74) is 4.92. The molecule has 0 saturated heterocycles. The molecule has 3 aromatic carbocycles. The van der Waals surface area contributed by atoms with Crippen molar-refractivity contribution in [2.24, 2.45) is 0 Å². The van der Waals surface area contributed by atoms with Gasteiger partial charge in [0.2, 0.25) is 15.9 Å². The molecular formula is C25H28N2O3S. The highest BCUT2D eigenvalue weighted by Crippen LogP contribution is 2.20. The van der Waals surface area contributed by atoms with Crippen LogP contribution in [0.4, 0.5) is 5.69 Å². The van der Waals surface area contributed by atoms with E-state index in [4.69, 9.17) is 0 Å². The van der Waals surface area contributed by atoms with Crippen molar-refractivity contribution < 1.29 is 13.2 Å². The van der Waals surface area contributed by atoms with Crippen LogP contribution in [0, 0.1) is 13.8 Å². The third-order valence-electron chi connectivity index (χ3n) is 5.17. The Morgan fingerprint density at radius 3 is 2.03 bits per heavy atom. The van der Waals surface area contributed by atoms with Crippen molar-refractivity contribution in [3.63, 3.8) is 0 Å². The Morgan fingerprint density at radius 1 is 0.774 bits per heavy atom. The van der Waals surface area contributed by atoms with Crippen molar-refractivity contribution in [1.82, 2.24) is 4.72 Å². The number of rotatable bonds is 9. The Bertz CT molecular complexity index is 1100. The number of amides is 1. The van der Waals surface area contributed by atoms with Crippen LogP contribution in [0.3, 0.4) is 0 Å². The van der Waals surface area contributed by atoms with Gasteiger partial charge in [0.05, 0.1) is 4.90 Å². The Hall–Kier alpha value is -2.96. The molecule has 0 aliphatic rings. The number of benzene rings is 3. The van der Waals surface area contributed by atoms with Gasteiger partial charge >= 0.3 is 0 Å². The van der Waals surface area contributed by atoms with Crippen LogP contribution in [0.1, 0.15) is 28.7 Å². The van der Waals surface area contributed by atoms with Gasteiger partial charge in [0.25, 0.3) is 0 Å². The minimum absolute atomic E-state index is 0.0586. The standard InChI is InChI=1S/C25H28N2O3S/c1-19-7-6-8-20(2)25(19)27-24(28)16-13-22-11-14-23(15-12-22)31(29,30)26-18-17-21-9-4-3-5-10-21/h3-12,14-15,26H,13,16-18H2,1-2H3,(H,27,28). The summed E-state index contributed by atoms with van der Waals surface area (Å²) >= 11 is 0. The van der Waals surface area contributed by atoms with Gasteiger partial charge in [0, 0.05) is 18.7 Å². The molecule has 31 heavy (non-hydrogen) atoms. The van der Waals surface area contributed by atoms with Crippen molar-refractivity contribution in [2.45, 2.75) is 38.0 Å². The number of hydrogen-bond acceptors (Lipinski definition) is 3. The molecule has 5 nitrogen and oxygen atoms in total. The first-order valence-electron chi connectivity index (χ1n) is 10.3. The monoisotopic (exact) mass is 436 g/mol. The number of hydrogen-bond donors (Lipinski definition) is 2. The fraction of sp³-hybridized carbons (Fsp3) is 0.240. The zero-order valence-electron chi connectivity index (χ0n) is 17.9. The van der Waals surface area contributed by atoms with Crippen LogP contribution in [-0.2, 0) is 27.7 Å². The lowest BCUT2D eigenvalue weighted by Crippen LogP contribution is -2.26. The van der Waals surface area contributed by atoms with Gasteiger partial charge < -0.3 is 5.32 Å². The van der Waals surface area contributed by atoms with Crippen molar-refractivity contribution in [3.8, 4) is 0 Å². The van der Waals surface area contributed by atoms with Gasteiger partial charge in [0.1, 0.15) is 0 Å². The number of carbonyl (C=O) groups is 1. The van der Waals surface area contributed by atoms with E-state index in [1.54, 1.807) is 24.3 Å². The van der Waals surface area contributed by atoms with Gasteiger partial charge in [-0.3, -0.25) is 4.79 Å². The van der Waals surface area contributed by atoms with Gasteiger partial charge in [0.15, 0.2) is 0 Å². The molecule has 0 bridgehead atoms. The summed E-state index contributed by atoms with van der Waals surface area (Å²) < 4.78 is 27.6. The second-order valence-electron chi connectivity index (χ2n) is 7.59. The molecule has 3 rings (SSSR count). The van der Waals surface area contributed by atoms with Gasteiger partial charge in [-0.25, -0.2) is 13.1 Å². The molecule has 0 unspecified atom stereocenters. The van der Waals surface area contributed by atoms with Crippen LogP contribution in [0.15, 0.2) is 77.7 Å². The second kappa shape index (κ2) is 10.4. The molecule has 0 aromatic heterocycles. The molecule has 6 heteroatoms. The van der Waals surface area contributed by atoms with E-state index in [1.807, 2.05) is 62.4 Å². The zero-order chi connectivity index (χ0) is 22.3. The molecular weight excluding hydrogens is 408 g/mol.